The van der Waals surface area contributed by atoms with Crippen LogP contribution in [0.1, 0.15) is 45.5 Å². The standard InChI is InChI=1S/C31H30F3N5O4/c1-43-27(40)17-20-9-3-4-10-22(20)29(41)35-21-13-14-25(38-15-7-2-8-16-38)24(18-21)30(42)36-28-23-11-5-6-12-26(23)39(37-28)19-31(32,33)34/h3-6,9-14,18H,2,7-8,15-17,19H2,1H3,(H,35,41)(H,36,37,42). The zero-order chi connectivity index (χ0) is 30.6. The maximum absolute atomic E-state index is 13.8. The highest BCUT2D eigenvalue weighted by molar-refractivity contribution is 6.12. The molecule has 5 rings (SSSR count). The van der Waals surface area contributed by atoms with Crippen molar-refractivity contribution in [1.29, 1.82) is 0 Å². The molecule has 1 aliphatic rings. The quantitative estimate of drug-likeness (QED) is 0.250. The van der Waals surface area contributed by atoms with Crippen molar-refractivity contribution < 1.29 is 32.3 Å². The fraction of sp³-hybridized carbons (Fsp3) is 0.290. The van der Waals surface area contributed by atoms with Gasteiger partial charge in [0, 0.05) is 35.4 Å². The van der Waals surface area contributed by atoms with Crippen molar-refractivity contribution in [3.05, 3.63) is 83.4 Å². The number of benzene rings is 3. The van der Waals surface area contributed by atoms with E-state index in [9.17, 15) is 27.6 Å². The van der Waals surface area contributed by atoms with Gasteiger partial charge in [0.05, 0.1) is 24.6 Å². The van der Waals surface area contributed by atoms with Crippen molar-refractivity contribution in [2.45, 2.75) is 38.4 Å². The number of piperidine rings is 1. The number of esters is 1. The number of halogens is 3. The highest BCUT2D eigenvalue weighted by Crippen LogP contribution is 2.31. The normalized spacial score (nSPS) is 13.5. The molecule has 2 heterocycles. The van der Waals surface area contributed by atoms with Gasteiger partial charge in [-0.25, -0.2) is 0 Å². The average molecular weight is 594 g/mol. The number of para-hydroxylation sites is 1. The lowest BCUT2D eigenvalue weighted by Gasteiger charge is -2.30. The van der Waals surface area contributed by atoms with Gasteiger partial charge in [0.1, 0.15) is 6.54 Å². The number of amides is 2. The molecular formula is C31H30F3N5O4. The molecule has 1 aromatic heterocycles. The minimum absolute atomic E-state index is 0.000574. The van der Waals surface area contributed by atoms with Gasteiger partial charge in [-0.2, -0.15) is 18.3 Å². The first kappa shape index (κ1) is 29.6. The summed E-state index contributed by atoms with van der Waals surface area (Å²) >= 11 is 0. The Hall–Kier alpha value is -4.87. The third kappa shape index (κ3) is 6.96. The number of fused-ring (bicyclic) bond motifs is 1. The Labute approximate surface area is 245 Å². The van der Waals surface area contributed by atoms with E-state index in [0.717, 1.165) is 37.0 Å². The van der Waals surface area contributed by atoms with E-state index in [0.29, 0.717) is 22.3 Å². The van der Waals surface area contributed by atoms with Crippen LogP contribution in [0.15, 0.2) is 66.7 Å². The minimum Gasteiger partial charge on any atom is -0.469 e. The summed E-state index contributed by atoms with van der Waals surface area (Å²) in [6.07, 6.45) is -1.62. The van der Waals surface area contributed by atoms with E-state index in [-0.39, 0.29) is 28.9 Å². The van der Waals surface area contributed by atoms with E-state index in [4.69, 9.17) is 4.74 Å². The third-order valence-corrected chi connectivity index (χ3v) is 7.24. The van der Waals surface area contributed by atoms with Crippen LogP contribution in [-0.4, -0.2) is 53.9 Å². The fourth-order valence-electron chi connectivity index (χ4n) is 5.21. The number of carbonyl (C=O) groups excluding carboxylic acids is 3. The highest BCUT2D eigenvalue weighted by atomic mass is 19.4. The minimum atomic E-state index is -4.50. The number of methoxy groups -OCH3 is 1. The third-order valence-electron chi connectivity index (χ3n) is 7.24. The first-order valence-electron chi connectivity index (χ1n) is 13.8. The van der Waals surface area contributed by atoms with Crippen LogP contribution in [0.5, 0.6) is 0 Å². The molecule has 1 saturated heterocycles. The predicted octanol–water partition coefficient (Wildman–Crippen LogP) is 5.81. The monoisotopic (exact) mass is 593 g/mol. The SMILES string of the molecule is COC(=O)Cc1ccccc1C(=O)Nc1ccc(N2CCCCC2)c(C(=O)Nc2nn(CC(F)(F)F)c3ccccc23)c1. The molecule has 224 valence electrons. The largest absolute Gasteiger partial charge is 0.469 e. The molecule has 12 heteroatoms. The first-order chi connectivity index (χ1) is 20.6. The van der Waals surface area contributed by atoms with Crippen molar-refractivity contribution >= 4 is 45.9 Å². The molecule has 2 N–H and O–H groups in total. The molecule has 1 fully saturated rings. The van der Waals surface area contributed by atoms with Gasteiger partial charge in [0.15, 0.2) is 5.82 Å². The Morgan fingerprint density at radius 1 is 0.884 bits per heavy atom. The topological polar surface area (TPSA) is 106 Å². The Balaban J connectivity index is 1.47. The Bertz CT molecular complexity index is 1660. The summed E-state index contributed by atoms with van der Waals surface area (Å²) in [5.41, 5.74) is 2.20. The molecule has 0 saturated carbocycles. The van der Waals surface area contributed by atoms with E-state index in [1.54, 1.807) is 54.6 Å². The number of nitrogens with one attached hydrogen (secondary N) is 2. The molecule has 0 aliphatic carbocycles. The van der Waals surface area contributed by atoms with E-state index in [1.165, 1.54) is 19.2 Å². The summed E-state index contributed by atoms with van der Waals surface area (Å²) < 4.78 is 45.2. The first-order valence-corrected chi connectivity index (χ1v) is 13.8. The summed E-state index contributed by atoms with van der Waals surface area (Å²) in [7, 11) is 1.27. The lowest BCUT2D eigenvalue weighted by atomic mass is 10.0. The molecule has 2 amide bonds. The Morgan fingerprint density at radius 3 is 2.33 bits per heavy atom. The zero-order valence-corrected chi connectivity index (χ0v) is 23.4. The van der Waals surface area contributed by atoms with Gasteiger partial charge in [0.2, 0.25) is 0 Å². The summed E-state index contributed by atoms with van der Waals surface area (Å²) in [5, 5.41) is 9.96. The second-order valence-corrected chi connectivity index (χ2v) is 10.2. The number of aromatic nitrogens is 2. The molecule has 43 heavy (non-hydrogen) atoms. The summed E-state index contributed by atoms with van der Waals surface area (Å²) in [4.78, 5) is 40.9. The average Bonchev–Trinajstić information content (AvgIpc) is 3.32. The van der Waals surface area contributed by atoms with Crippen LogP contribution >= 0.6 is 0 Å². The second kappa shape index (κ2) is 12.6. The van der Waals surface area contributed by atoms with Crippen LogP contribution in [0, 0.1) is 0 Å². The molecular weight excluding hydrogens is 563 g/mol. The lowest BCUT2D eigenvalue weighted by Crippen LogP contribution is -2.31. The highest BCUT2D eigenvalue weighted by Gasteiger charge is 2.30. The van der Waals surface area contributed by atoms with Gasteiger partial charge in [-0.15, -0.1) is 0 Å². The maximum Gasteiger partial charge on any atom is 0.408 e. The number of anilines is 3. The van der Waals surface area contributed by atoms with Crippen molar-refractivity contribution in [1.82, 2.24) is 9.78 Å². The summed E-state index contributed by atoms with van der Waals surface area (Å²) in [5.74, 6) is -1.55. The van der Waals surface area contributed by atoms with E-state index in [1.807, 2.05) is 0 Å². The second-order valence-electron chi connectivity index (χ2n) is 10.2. The van der Waals surface area contributed by atoms with E-state index < -0.39 is 30.5 Å². The van der Waals surface area contributed by atoms with Gasteiger partial charge in [-0.05, 0) is 61.2 Å². The fourth-order valence-corrected chi connectivity index (χ4v) is 5.21. The van der Waals surface area contributed by atoms with Crippen LogP contribution in [-0.2, 0) is 22.5 Å². The van der Waals surface area contributed by atoms with Gasteiger partial charge < -0.3 is 20.3 Å². The number of ether oxygens (including phenoxy) is 1. The number of nitrogens with zero attached hydrogens (tertiary/aromatic N) is 3. The molecule has 0 bridgehead atoms. The van der Waals surface area contributed by atoms with Crippen molar-refractivity contribution in [3.63, 3.8) is 0 Å². The molecule has 3 aromatic carbocycles. The van der Waals surface area contributed by atoms with Crippen molar-refractivity contribution in [3.8, 4) is 0 Å². The lowest BCUT2D eigenvalue weighted by molar-refractivity contribution is -0.142. The van der Waals surface area contributed by atoms with Gasteiger partial charge >= 0.3 is 12.1 Å². The molecule has 0 atom stereocenters. The number of hydrogen-bond donors (Lipinski definition) is 2. The molecule has 1 aliphatic heterocycles. The summed E-state index contributed by atoms with van der Waals surface area (Å²) in [6, 6.07) is 18.0. The smallest absolute Gasteiger partial charge is 0.408 e. The van der Waals surface area contributed by atoms with Crippen LogP contribution in [0.3, 0.4) is 0 Å². The van der Waals surface area contributed by atoms with Crippen LogP contribution < -0.4 is 15.5 Å². The Kier molecular flexibility index (Phi) is 8.65. The van der Waals surface area contributed by atoms with E-state index in [2.05, 4.69) is 20.6 Å². The molecule has 4 aromatic rings. The number of carbonyl (C=O) groups is 3. The van der Waals surface area contributed by atoms with E-state index >= 15 is 0 Å². The maximum atomic E-state index is 13.8. The van der Waals surface area contributed by atoms with Crippen molar-refractivity contribution in [2.75, 3.05) is 35.7 Å². The number of hydrogen-bond acceptors (Lipinski definition) is 6. The van der Waals surface area contributed by atoms with Crippen LogP contribution in [0.4, 0.5) is 30.4 Å². The predicted molar refractivity (Wildman–Crippen MR) is 156 cm³/mol. The molecule has 9 nitrogen and oxygen atoms in total. The number of rotatable bonds is 8. The van der Waals surface area contributed by atoms with Gasteiger partial charge in [-0.1, -0.05) is 30.3 Å². The van der Waals surface area contributed by atoms with Gasteiger partial charge in [0.25, 0.3) is 11.8 Å². The number of alkyl halides is 3. The van der Waals surface area contributed by atoms with Gasteiger partial charge in [-0.3, -0.25) is 19.1 Å². The van der Waals surface area contributed by atoms with Crippen LogP contribution in [0.25, 0.3) is 10.9 Å². The Morgan fingerprint density at radius 2 is 1.58 bits per heavy atom. The molecule has 0 spiro atoms. The summed E-state index contributed by atoms with van der Waals surface area (Å²) in [6.45, 7) is 0.160. The van der Waals surface area contributed by atoms with Crippen LogP contribution in [0.2, 0.25) is 0 Å². The molecule has 0 unspecified atom stereocenters. The molecule has 0 radical (unpaired) electrons. The zero-order valence-electron chi connectivity index (χ0n) is 23.4. The van der Waals surface area contributed by atoms with Crippen molar-refractivity contribution in [2.24, 2.45) is 0 Å².